The van der Waals surface area contributed by atoms with Gasteiger partial charge in [-0.1, -0.05) is 0 Å². The number of nitrogens with one attached hydrogen (secondary N) is 2. The van der Waals surface area contributed by atoms with E-state index in [4.69, 9.17) is 0 Å². The van der Waals surface area contributed by atoms with Crippen LogP contribution in [-0.4, -0.2) is 25.9 Å². The summed E-state index contributed by atoms with van der Waals surface area (Å²) < 4.78 is 75.9. The van der Waals surface area contributed by atoms with Crippen LogP contribution < -0.4 is 5.32 Å². The fourth-order valence-electron chi connectivity index (χ4n) is 1.71. The van der Waals surface area contributed by atoms with Crippen LogP contribution in [0.5, 0.6) is 0 Å². The number of amides is 1. The highest BCUT2D eigenvalue weighted by molar-refractivity contribution is 5.91. The van der Waals surface area contributed by atoms with E-state index in [0.29, 0.717) is 10.7 Å². The van der Waals surface area contributed by atoms with Gasteiger partial charge in [-0.2, -0.15) is 36.5 Å². The molecule has 2 rings (SSSR count). The van der Waals surface area contributed by atoms with Gasteiger partial charge in [-0.3, -0.25) is 14.6 Å². The number of aryl methyl sites for hydroxylation is 1. The fourth-order valence-corrected chi connectivity index (χ4v) is 1.71. The number of rotatable bonds is 3. The number of alkyl halides is 6. The molecule has 0 spiro atoms. The average molecular weight is 341 g/mol. The van der Waals surface area contributed by atoms with Crippen LogP contribution in [0.15, 0.2) is 12.3 Å². The first-order valence-electron chi connectivity index (χ1n) is 6.01. The second-order valence-electron chi connectivity index (χ2n) is 4.51. The number of carbonyl (C=O) groups excluding carboxylic acids is 1. The Morgan fingerprint density at radius 2 is 1.91 bits per heavy atom. The first kappa shape index (κ1) is 16.8. The maximum absolute atomic E-state index is 12.7. The van der Waals surface area contributed by atoms with Gasteiger partial charge in [0.25, 0.3) is 0 Å². The third-order valence-electron chi connectivity index (χ3n) is 2.72. The SMILES string of the molecule is Cc1[nH]nc(C(F)(F)F)c1NC(=O)Cn1ccc(C(F)(F)F)n1. The number of anilines is 1. The van der Waals surface area contributed by atoms with Gasteiger partial charge in [0.15, 0.2) is 11.4 Å². The van der Waals surface area contributed by atoms with E-state index in [2.05, 4.69) is 15.3 Å². The van der Waals surface area contributed by atoms with Gasteiger partial charge in [-0.15, -0.1) is 0 Å². The van der Waals surface area contributed by atoms with Gasteiger partial charge in [0.05, 0.1) is 11.4 Å². The Labute approximate surface area is 124 Å². The largest absolute Gasteiger partial charge is 0.437 e. The first-order valence-corrected chi connectivity index (χ1v) is 6.01. The maximum atomic E-state index is 12.7. The van der Waals surface area contributed by atoms with Gasteiger partial charge in [0.1, 0.15) is 6.54 Å². The van der Waals surface area contributed by atoms with Crippen LogP contribution >= 0.6 is 0 Å². The van der Waals surface area contributed by atoms with E-state index < -0.39 is 41.9 Å². The summed E-state index contributed by atoms with van der Waals surface area (Å²) in [6.07, 6.45) is -8.57. The molecule has 6 nitrogen and oxygen atoms in total. The van der Waals surface area contributed by atoms with Gasteiger partial charge in [0.2, 0.25) is 5.91 Å². The summed E-state index contributed by atoms with van der Waals surface area (Å²) in [6.45, 7) is 0.575. The van der Waals surface area contributed by atoms with Crippen molar-refractivity contribution in [1.82, 2.24) is 20.0 Å². The average Bonchev–Trinajstić information content (AvgIpc) is 2.96. The lowest BCUT2D eigenvalue weighted by atomic mass is 10.3. The molecular weight excluding hydrogens is 332 g/mol. The van der Waals surface area contributed by atoms with Crippen LogP contribution in [0, 0.1) is 6.92 Å². The number of carbonyl (C=O) groups is 1. The molecule has 0 aliphatic rings. The van der Waals surface area contributed by atoms with Crippen LogP contribution in [0.3, 0.4) is 0 Å². The molecule has 0 atom stereocenters. The summed E-state index contributed by atoms with van der Waals surface area (Å²) in [7, 11) is 0. The van der Waals surface area contributed by atoms with E-state index in [1.807, 2.05) is 5.32 Å². The molecule has 0 unspecified atom stereocenters. The Kier molecular flexibility index (Phi) is 4.09. The van der Waals surface area contributed by atoms with Crippen LogP contribution in [0.4, 0.5) is 32.0 Å². The molecule has 2 heterocycles. The Bertz CT molecular complexity index is 713. The fraction of sp³-hybridized carbons (Fsp3) is 0.364. The van der Waals surface area contributed by atoms with Crippen LogP contribution in [-0.2, 0) is 23.7 Å². The zero-order chi connectivity index (χ0) is 17.4. The topological polar surface area (TPSA) is 75.6 Å². The zero-order valence-corrected chi connectivity index (χ0v) is 11.4. The van der Waals surface area contributed by atoms with Crippen molar-refractivity contribution in [2.75, 3.05) is 5.32 Å². The quantitative estimate of drug-likeness (QED) is 0.843. The Balaban J connectivity index is 2.12. The van der Waals surface area contributed by atoms with E-state index in [-0.39, 0.29) is 5.69 Å². The molecule has 126 valence electrons. The Hall–Kier alpha value is -2.53. The van der Waals surface area contributed by atoms with Crippen molar-refractivity contribution < 1.29 is 31.1 Å². The standard InChI is InChI=1S/C11H9F6N5O/c1-5-8(9(20-19-5)11(15,16)17)18-7(23)4-22-3-2-6(21-22)10(12,13)14/h2-3H,4H2,1H3,(H,18,23)(H,19,20). The molecule has 2 N–H and O–H groups in total. The number of halogens is 6. The predicted molar refractivity (Wildman–Crippen MR) is 64.2 cm³/mol. The van der Waals surface area contributed by atoms with Crippen molar-refractivity contribution in [1.29, 1.82) is 0 Å². The molecule has 0 aromatic carbocycles. The molecule has 2 aromatic heterocycles. The number of hydrogen-bond acceptors (Lipinski definition) is 3. The van der Waals surface area contributed by atoms with Crippen LogP contribution in [0.2, 0.25) is 0 Å². The molecule has 0 aliphatic carbocycles. The number of aromatic nitrogens is 4. The highest BCUT2D eigenvalue weighted by atomic mass is 19.4. The molecular formula is C11H9F6N5O. The molecule has 0 saturated carbocycles. The van der Waals surface area contributed by atoms with Gasteiger partial charge in [-0.25, -0.2) is 0 Å². The summed E-state index contributed by atoms with van der Waals surface area (Å²) in [5.41, 5.74) is -3.15. The van der Waals surface area contributed by atoms with Crippen molar-refractivity contribution in [3.8, 4) is 0 Å². The molecule has 1 amide bonds. The van der Waals surface area contributed by atoms with Crippen LogP contribution in [0.25, 0.3) is 0 Å². The lowest BCUT2D eigenvalue weighted by Crippen LogP contribution is -2.22. The number of H-pyrrole nitrogens is 1. The summed E-state index contributed by atoms with van der Waals surface area (Å²) in [5.74, 6) is -0.975. The number of hydrogen-bond donors (Lipinski definition) is 2. The first-order chi connectivity index (χ1) is 10.5. The van der Waals surface area contributed by atoms with Crippen molar-refractivity contribution in [2.24, 2.45) is 0 Å². The maximum Gasteiger partial charge on any atom is 0.437 e. The van der Waals surface area contributed by atoms with Gasteiger partial charge < -0.3 is 5.32 Å². The molecule has 0 fully saturated rings. The lowest BCUT2D eigenvalue weighted by molar-refractivity contribution is -0.142. The predicted octanol–water partition coefficient (Wildman–Crippen LogP) is 2.59. The molecule has 0 aliphatic heterocycles. The molecule has 0 radical (unpaired) electrons. The van der Waals surface area contributed by atoms with E-state index in [9.17, 15) is 31.1 Å². The number of aromatic amines is 1. The van der Waals surface area contributed by atoms with Crippen molar-refractivity contribution >= 4 is 11.6 Å². The van der Waals surface area contributed by atoms with Gasteiger partial charge in [-0.05, 0) is 13.0 Å². The second-order valence-corrected chi connectivity index (χ2v) is 4.51. The summed E-state index contributed by atoms with van der Waals surface area (Å²) >= 11 is 0. The Morgan fingerprint density at radius 1 is 1.26 bits per heavy atom. The Morgan fingerprint density at radius 3 is 2.43 bits per heavy atom. The van der Waals surface area contributed by atoms with E-state index in [1.165, 1.54) is 6.92 Å². The van der Waals surface area contributed by atoms with Crippen molar-refractivity contribution in [3.05, 3.63) is 29.3 Å². The molecule has 12 heteroatoms. The van der Waals surface area contributed by atoms with Crippen molar-refractivity contribution in [2.45, 2.75) is 25.8 Å². The minimum atomic E-state index is -4.79. The summed E-state index contributed by atoms with van der Waals surface area (Å²) in [6, 6.07) is 0.650. The minimum Gasteiger partial charge on any atom is -0.321 e. The van der Waals surface area contributed by atoms with Gasteiger partial charge >= 0.3 is 12.4 Å². The normalized spacial score (nSPS) is 12.5. The summed E-state index contributed by atoms with van der Waals surface area (Å²) in [4.78, 5) is 11.7. The van der Waals surface area contributed by atoms with Crippen LogP contribution in [0.1, 0.15) is 17.1 Å². The number of nitrogens with zero attached hydrogens (tertiary/aromatic N) is 3. The smallest absolute Gasteiger partial charge is 0.321 e. The van der Waals surface area contributed by atoms with E-state index in [1.54, 1.807) is 0 Å². The third-order valence-corrected chi connectivity index (χ3v) is 2.72. The summed E-state index contributed by atoms with van der Waals surface area (Å²) in [5, 5.41) is 10.2. The molecule has 23 heavy (non-hydrogen) atoms. The van der Waals surface area contributed by atoms with Crippen molar-refractivity contribution in [3.63, 3.8) is 0 Å². The van der Waals surface area contributed by atoms with E-state index >= 15 is 0 Å². The highest BCUT2D eigenvalue weighted by Gasteiger charge is 2.38. The molecule has 0 saturated heterocycles. The minimum absolute atomic E-state index is 0.0397. The lowest BCUT2D eigenvalue weighted by Gasteiger charge is -2.09. The zero-order valence-electron chi connectivity index (χ0n) is 11.4. The molecule has 0 bridgehead atoms. The third kappa shape index (κ3) is 3.81. The molecule has 2 aromatic rings. The highest BCUT2D eigenvalue weighted by Crippen LogP contribution is 2.34. The second kappa shape index (κ2) is 5.59. The van der Waals surface area contributed by atoms with Gasteiger partial charge in [0, 0.05) is 6.20 Å². The monoisotopic (exact) mass is 341 g/mol. The van der Waals surface area contributed by atoms with E-state index in [0.717, 1.165) is 6.20 Å².